The second kappa shape index (κ2) is 8.76. The summed E-state index contributed by atoms with van der Waals surface area (Å²) in [6.07, 6.45) is 7.78. The van der Waals surface area contributed by atoms with Gasteiger partial charge in [-0.1, -0.05) is 31.1 Å². The number of hydrogen-bond donors (Lipinski definition) is 1. The van der Waals surface area contributed by atoms with E-state index < -0.39 is 0 Å². The molecule has 0 aliphatic rings. The van der Waals surface area contributed by atoms with Crippen LogP contribution in [0.25, 0.3) is 0 Å². The van der Waals surface area contributed by atoms with Crippen molar-refractivity contribution in [2.45, 2.75) is 44.6 Å². The minimum Gasteiger partial charge on any atom is -0.497 e. The van der Waals surface area contributed by atoms with Gasteiger partial charge < -0.3 is 9.84 Å². The van der Waals surface area contributed by atoms with Crippen molar-refractivity contribution in [1.29, 1.82) is 0 Å². The summed E-state index contributed by atoms with van der Waals surface area (Å²) in [6.45, 7) is 3.70. The topological polar surface area (TPSA) is 29.5 Å². The number of rotatable bonds is 9. The van der Waals surface area contributed by atoms with Crippen LogP contribution in [0.15, 0.2) is 36.9 Å². The van der Waals surface area contributed by atoms with E-state index in [2.05, 4.69) is 6.58 Å². The molecule has 0 fully saturated rings. The van der Waals surface area contributed by atoms with E-state index in [1.165, 1.54) is 12.8 Å². The van der Waals surface area contributed by atoms with Crippen molar-refractivity contribution < 1.29 is 9.84 Å². The Balaban J connectivity index is 2.26. The molecule has 0 bridgehead atoms. The van der Waals surface area contributed by atoms with Crippen LogP contribution >= 0.6 is 0 Å². The van der Waals surface area contributed by atoms with Gasteiger partial charge in [0.2, 0.25) is 0 Å². The van der Waals surface area contributed by atoms with Crippen LogP contribution in [-0.2, 0) is 6.42 Å². The number of aliphatic hydroxyl groups is 1. The van der Waals surface area contributed by atoms with E-state index in [9.17, 15) is 5.11 Å². The largest absolute Gasteiger partial charge is 0.497 e. The van der Waals surface area contributed by atoms with E-state index in [-0.39, 0.29) is 6.10 Å². The molecule has 0 saturated carbocycles. The quantitative estimate of drug-likeness (QED) is 0.533. The molecule has 18 heavy (non-hydrogen) atoms. The maximum atomic E-state index is 9.96. The van der Waals surface area contributed by atoms with Crippen LogP contribution in [0.1, 0.15) is 37.7 Å². The Morgan fingerprint density at radius 2 is 2.17 bits per heavy atom. The number of aliphatic hydroxyl groups excluding tert-OH is 1. The summed E-state index contributed by atoms with van der Waals surface area (Å²) >= 11 is 0. The number of allylic oxidation sites excluding steroid dienone is 1. The van der Waals surface area contributed by atoms with E-state index >= 15 is 0 Å². The Bertz CT molecular complexity index is 347. The van der Waals surface area contributed by atoms with Gasteiger partial charge in [-0.15, -0.1) is 6.58 Å². The summed E-state index contributed by atoms with van der Waals surface area (Å²) in [4.78, 5) is 0. The Kier molecular flexibility index (Phi) is 7.19. The zero-order valence-corrected chi connectivity index (χ0v) is 11.3. The maximum absolute atomic E-state index is 9.96. The van der Waals surface area contributed by atoms with Gasteiger partial charge in [0.25, 0.3) is 0 Å². The second-order valence-corrected chi connectivity index (χ2v) is 4.64. The van der Waals surface area contributed by atoms with Gasteiger partial charge in [0, 0.05) is 0 Å². The Labute approximate surface area is 110 Å². The Morgan fingerprint density at radius 1 is 1.33 bits per heavy atom. The monoisotopic (exact) mass is 248 g/mol. The smallest absolute Gasteiger partial charge is 0.119 e. The van der Waals surface area contributed by atoms with Crippen molar-refractivity contribution in [2.24, 2.45) is 0 Å². The lowest BCUT2D eigenvalue weighted by Crippen LogP contribution is -2.10. The summed E-state index contributed by atoms with van der Waals surface area (Å²) in [6, 6.07) is 7.90. The number of benzene rings is 1. The second-order valence-electron chi connectivity index (χ2n) is 4.64. The number of ether oxygens (including phenoxy) is 1. The van der Waals surface area contributed by atoms with Crippen LogP contribution in [0, 0.1) is 0 Å². The highest BCUT2D eigenvalue weighted by atomic mass is 16.5. The fourth-order valence-corrected chi connectivity index (χ4v) is 2.02. The minimum absolute atomic E-state index is 0.249. The molecule has 0 spiro atoms. The fourth-order valence-electron chi connectivity index (χ4n) is 2.02. The lowest BCUT2D eigenvalue weighted by Gasteiger charge is -2.11. The number of unbranched alkanes of at least 4 members (excludes halogenated alkanes) is 3. The highest BCUT2D eigenvalue weighted by molar-refractivity contribution is 5.28. The summed E-state index contributed by atoms with van der Waals surface area (Å²) in [5, 5.41) is 9.96. The first-order valence-corrected chi connectivity index (χ1v) is 6.68. The molecular weight excluding hydrogens is 224 g/mol. The molecule has 1 unspecified atom stereocenters. The van der Waals surface area contributed by atoms with Crippen LogP contribution in [0.5, 0.6) is 5.75 Å². The third-order valence-electron chi connectivity index (χ3n) is 3.05. The summed E-state index contributed by atoms with van der Waals surface area (Å²) in [5.74, 6) is 0.852. The van der Waals surface area contributed by atoms with Gasteiger partial charge in [0.1, 0.15) is 5.75 Å². The fraction of sp³-hybridized carbons (Fsp3) is 0.500. The summed E-state index contributed by atoms with van der Waals surface area (Å²) in [5.41, 5.74) is 1.13. The van der Waals surface area contributed by atoms with Crippen molar-refractivity contribution in [3.8, 4) is 5.75 Å². The van der Waals surface area contributed by atoms with Crippen LogP contribution in [0.4, 0.5) is 0 Å². The van der Waals surface area contributed by atoms with Gasteiger partial charge in [0.15, 0.2) is 0 Å². The zero-order chi connectivity index (χ0) is 13.2. The van der Waals surface area contributed by atoms with E-state index in [1.807, 2.05) is 30.3 Å². The predicted octanol–water partition coefficient (Wildman–Crippen LogP) is 3.74. The first kappa shape index (κ1) is 14.8. The molecule has 0 amide bonds. The lowest BCUT2D eigenvalue weighted by molar-refractivity contribution is 0.161. The van der Waals surface area contributed by atoms with Crippen molar-refractivity contribution in [2.75, 3.05) is 7.11 Å². The van der Waals surface area contributed by atoms with Crippen molar-refractivity contribution in [1.82, 2.24) is 0 Å². The van der Waals surface area contributed by atoms with Gasteiger partial charge in [-0.05, 0) is 43.4 Å². The molecule has 0 aliphatic carbocycles. The van der Waals surface area contributed by atoms with Crippen LogP contribution in [-0.4, -0.2) is 18.3 Å². The number of hydrogen-bond acceptors (Lipinski definition) is 2. The van der Waals surface area contributed by atoms with E-state index in [1.54, 1.807) is 7.11 Å². The average molecular weight is 248 g/mol. The zero-order valence-electron chi connectivity index (χ0n) is 11.3. The molecule has 1 N–H and O–H groups in total. The van der Waals surface area contributed by atoms with Crippen LogP contribution in [0.2, 0.25) is 0 Å². The first-order chi connectivity index (χ1) is 8.76. The standard InChI is InChI=1S/C16H24O2/c1-3-4-5-6-7-10-15(17)12-14-9-8-11-16(13-14)18-2/h3,8-9,11,13,15,17H,1,4-7,10,12H2,2H3. The van der Waals surface area contributed by atoms with Gasteiger partial charge >= 0.3 is 0 Å². The van der Waals surface area contributed by atoms with Gasteiger partial charge in [-0.2, -0.15) is 0 Å². The van der Waals surface area contributed by atoms with Gasteiger partial charge in [-0.25, -0.2) is 0 Å². The highest BCUT2D eigenvalue weighted by Crippen LogP contribution is 2.16. The lowest BCUT2D eigenvalue weighted by atomic mass is 10.0. The molecule has 0 saturated heterocycles. The molecule has 0 aromatic heterocycles. The Hall–Kier alpha value is -1.28. The molecule has 0 heterocycles. The molecule has 1 rings (SSSR count). The summed E-state index contributed by atoms with van der Waals surface area (Å²) in [7, 11) is 1.66. The van der Waals surface area contributed by atoms with Gasteiger partial charge in [0.05, 0.1) is 13.2 Å². The SMILES string of the molecule is C=CCCCCCC(O)Cc1cccc(OC)c1. The van der Waals surface area contributed by atoms with Crippen molar-refractivity contribution in [3.63, 3.8) is 0 Å². The molecule has 1 aromatic rings. The van der Waals surface area contributed by atoms with Crippen molar-refractivity contribution in [3.05, 3.63) is 42.5 Å². The van der Waals surface area contributed by atoms with Crippen LogP contribution in [0.3, 0.4) is 0 Å². The molecule has 2 heteroatoms. The molecule has 1 atom stereocenters. The molecule has 2 nitrogen and oxygen atoms in total. The first-order valence-electron chi connectivity index (χ1n) is 6.68. The van der Waals surface area contributed by atoms with Gasteiger partial charge in [-0.3, -0.25) is 0 Å². The van der Waals surface area contributed by atoms with E-state index in [0.717, 1.165) is 30.6 Å². The molecule has 100 valence electrons. The third-order valence-corrected chi connectivity index (χ3v) is 3.05. The summed E-state index contributed by atoms with van der Waals surface area (Å²) < 4.78 is 5.17. The van der Waals surface area contributed by atoms with Crippen molar-refractivity contribution >= 4 is 0 Å². The maximum Gasteiger partial charge on any atom is 0.119 e. The third kappa shape index (κ3) is 5.87. The Morgan fingerprint density at radius 3 is 2.89 bits per heavy atom. The number of methoxy groups -OCH3 is 1. The highest BCUT2D eigenvalue weighted by Gasteiger charge is 2.06. The molecule has 1 aromatic carbocycles. The molecular formula is C16H24O2. The average Bonchev–Trinajstić information content (AvgIpc) is 2.38. The predicted molar refractivity (Wildman–Crippen MR) is 76.0 cm³/mol. The normalized spacial score (nSPS) is 12.1. The molecule has 0 radical (unpaired) electrons. The van der Waals surface area contributed by atoms with Crippen LogP contribution < -0.4 is 4.74 Å². The molecule has 0 aliphatic heterocycles. The van der Waals surface area contributed by atoms with E-state index in [0.29, 0.717) is 6.42 Å². The minimum atomic E-state index is -0.249. The van der Waals surface area contributed by atoms with E-state index in [4.69, 9.17) is 4.74 Å².